The van der Waals surface area contributed by atoms with Crippen molar-refractivity contribution in [1.82, 2.24) is 15.0 Å². The van der Waals surface area contributed by atoms with E-state index in [2.05, 4.69) is 30.9 Å². The van der Waals surface area contributed by atoms with Crippen molar-refractivity contribution in [2.45, 2.75) is 0 Å². The van der Waals surface area contributed by atoms with E-state index in [1.54, 1.807) is 30.6 Å². The van der Waals surface area contributed by atoms with E-state index < -0.39 is 0 Å². The molecule has 20 heavy (non-hydrogen) atoms. The SMILES string of the molecule is COC(=O)c1ccc2nc(-c3cncc(Br)c3)[nH]c2c1. The zero-order chi connectivity index (χ0) is 14.1. The standard InChI is InChI=1S/C14H10BrN3O2/c1-20-14(19)8-2-3-11-12(5-8)18-13(17-11)9-4-10(15)7-16-6-9/h2-7H,1H3,(H,17,18). The minimum absolute atomic E-state index is 0.368. The van der Waals surface area contributed by atoms with Gasteiger partial charge in [-0.15, -0.1) is 0 Å². The zero-order valence-corrected chi connectivity index (χ0v) is 12.1. The molecule has 1 aromatic carbocycles. The number of H-pyrrole nitrogens is 1. The van der Waals surface area contributed by atoms with Crippen molar-refractivity contribution < 1.29 is 9.53 Å². The largest absolute Gasteiger partial charge is 0.465 e. The number of fused-ring (bicyclic) bond motifs is 1. The Morgan fingerprint density at radius 2 is 2.15 bits per heavy atom. The van der Waals surface area contributed by atoms with E-state index in [-0.39, 0.29) is 5.97 Å². The lowest BCUT2D eigenvalue weighted by atomic mass is 10.2. The van der Waals surface area contributed by atoms with E-state index in [0.29, 0.717) is 11.4 Å². The Balaban J connectivity index is 2.09. The first-order chi connectivity index (χ1) is 9.67. The molecule has 0 saturated carbocycles. The molecular formula is C14H10BrN3O2. The Morgan fingerprint density at radius 1 is 1.30 bits per heavy atom. The van der Waals surface area contributed by atoms with Crippen LogP contribution in [0, 0.1) is 0 Å². The van der Waals surface area contributed by atoms with E-state index in [0.717, 1.165) is 21.1 Å². The van der Waals surface area contributed by atoms with Crippen molar-refractivity contribution in [1.29, 1.82) is 0 Å². The number of esters is 1. The van der Waals surface area contributed by atoms with Crippen LogP contribution < -0.4 is 0 Å². The first kappa shape index (κ1) is 12.8. The van der Waals surface area contributed by atoms with Gasteiger partial charge in [-0.2, -0.15) is 0 Å². The summed E-state index contributed by atoms with van der Waals surface area (Å²) in [5, 5.41) is 0. The number of pyridine rings is 1. The molecule has 3 aromatic rings. The number of hydrogen-bond acceptors (Lipinski definition) is 4. The van der Waals surface area contributed by atoms with Crippen LogP contribution in [0.2, 0.25) is 0 Å². The second-order valence-electron chi connectivity index (χ2n) is 4.20. The van der Waals surface area contributed by atoms with Gasteiger partial charge in [0, 0.05) is 22.4 Å². The molecule has 0 bridgehead atoms. The van der Waals surface area contributed by atoms with Gasteiger partial charge in [-0.05, 0) is 40.2 Å². The van der Waals surface area contributed by atoms with Crippen LogP contribution in [0.3, 0.4) is 0 Å². The second kappa shape index (κ2) is 5.05. The van der Waals surface area contributed by atoms with Gasteiger partial charge in [0.15, 0.2) is 0 Å². The van der Waals surface area contributed by atoms with Gasteiger partial charge in [-0.3, -0.25) is 4.98 Å². The summed E-state index contributed by atoms with van der Waals surface area (Å²) < 4.78 is 5.58. The summed E-state index contributed by atoms with van der Waals surface area (Å²) in [6.07, 6.45) is 3.44. The molecule has 0 spiro atoms. The molecule has 0 fully saturated rings. The summed E-state index contributed by atoms with van der Waals surface area (Å²) in [5.41, 5.74) is 2.92. The maximum absolute atomic E-state index is 11.5. The monoisotopic (exact) mass is 331 g/mol. The van der Waals surface area contributed by atoms with Gasteiger partial charge in [0.05, 0.1) is 23.7 Å². The average Bonchev–Trinajstić information content (AvgIpc) is 2.89. The molecule has 0 saturated heterocycles. The Morgan fingerprint density at radius 3 is 2.90 bits per heavy atom. The normalized spacial score (nSPS) is 10.7. The molecule has 100 valence electrons. The van der Waals surface area contributed by atoms with E-state index in [4.69, 9.17) is 4.74 Å². The maximum atomic E-state index is 11.5. The summed E-state index contributed by atoms with van der Waals surface area (Å²) in [7, 11) is 1.36. The second-order valence-corrected chi connectivity index (χ2v) is 5.12. The van der Waals surface area contributed by atoms with Crippen molar-refractivity contribution in [3.05, 3.63) is 46.7 Å². The number of imidazole rings is 1. The number of benzene rings is 1. The van der Waals surface area contributed by atoms with Crippen LogP contribution >= 0.6 is 15.9 Å². The van der Waals surface area contributed by atoms with Crippen molar-refractivity contribution in [2.24, 2.45) is 0 Å². The van der Waals surface area contributed by atoms with Gasteiger partial charge in [-0.1, -0.05) is 0 Å². The summed E-state index contributed by atoms with van der Waals surface area (Å²) >= 11 is 3.38. The molecule has 2 heterocycles. The highest BCUT2D eigenvalue weighted by Gasteiger charge is 2.10. The number of carbonyl (C=O) groups excluding carboxylic acids is 1. The highest BCUT2D eigenvalue weighted by Crippen LogP contribution is 2.23. The third-order valence-corrected chi connectivity index (χ3v) is 3.31. The van der Waals surface area contributed by atoms with Crippen LogP contribution in [0.5, 0.6) is 0 Å². The molecule has 6 heteroatoms. The quantitative estimate of drug-likeness (QED) is 0.732. The highest BCUT2D eigenvalue weighted by atomic mass is 79.9. The minimum atomic E-state index is -0.368. The lowest BCUT2D eigenvalue weighted by Gasteiger charge is -1.97. The predicted octanol–water partition coefficient (Wildman–Crippen LogP) is 3.17. The minimum Gasteiger partial charge on any atom is -0.465 e. The lowest BCUT2D eigenvalue weighted by Crippen LogP contribution is -2.00. The number of rotatable bonds is 2. The van der Waals surface area contributed by atoms with Gasteiger partial charge >= 0.3 is 5.97 Å². The molecule has 0 unspecified atom stereocenters. The molecule has 0 aliphatic carbocycles. The number of ether oxygens (including phenoxy) is 1. The molecule has 0 amide bonds. The Kier molecular flexibility index (Phi) is 3.23. The first-order valence-corrected chi connectivity index (χ1v) is 6.65. The van der Waals surface area contributed by atoms with Gasteiger partial charge in [0.25, 0.3) is 0 Å². The first-order valence-electron chi connectivity index (χ1n) is 5.86. The molecular weight excluding hydrogens is 322 g/mol. The molecule has 1 N–H and O–H groups in total. The number of nitrogens with one attached hydrogen (secondary N) is 1. The van der Waals surface area contributed by atoms with Crippen molar-refractivity contribution in [2.75, 3.05) is 7.11 Å². The number of carbonyl (C=O) groups is 1. The number of hydrogen-bond donors (Lipinski definition) is 1. The van der Waals surface area contributed by atoms with Crippen molar-refractivity contribution in [3.63, 3.8) is 0 Å². The number of aromatic amines is 1. The summed E-state index contributed by atoms with van der Waals surface area (Å²) in [4.78, 5) is 23.3. The molecule has 2 aromatic heterocycles. The number of nitrogens with zero attached hydrogens (tertiary/aromatic N) is 2. The van der Waals surface area contributed by atoms with Crippen LogP contribution in [0.4, 0.5) is 0 Å². The molecule has 0 radical (unpaired) electrons. The zero-order valence-electron chi connectivity index (χ0n) is 10.6. The van der Waals surface area contributed by atoms with Gasteiger partial charge in [0.1, 0.15) is 5.82 Å². The summed E-state index contributed by atoms with van der Waals surface area (Å²) in [5.74, 6) is 0.336. The Hall–Kier alpha value is -2.21. The third-order valence-electron chi connectivity index (χ3n) is 2.88. The number of methoxy groups -OCH3 is 1. The molecule has 5 nitrogen and oxygen atoms in total. The van der Waals surface area contributed by atoms with Gasteiger partial charge in [0.2, 0.25) is 0 Å². The topological polar surface area (TPSA) is 67.9 Å². The lowest BCUT2D eigenvalue weighted by molar-refractivity contribution is 0.0601. The summed E-state index contributed by atoms with van der Waals surface area (Å²) in [6, 6.07) is 7.12. The third kappa shape index (κ3) is 2.30. The Labute approximate surface area is 123 Å². The maximum Gasteiger partial charge on any atom is 0.337 e. The van der Waals surface area contributed by atoms with Crippen LogP contribution in [0.15, 0.2) is 41.1 Å². The van der Waals surface area contributed by atoms with Crippen molar-refractivity contribution in [3.8, 4) is 11.4 Å². The number of halogens is 1. The predicted molar refractivity (Wildman–Crippen MR) is 78.4 cm³/mol. The van der Waals surface area contributed by atoms with Crippen LogP contribution in [0.25, 0.3) is 22.4 Å². The Bertz CT molecular complexity index is 798. The molecule has 0 atom stereocenters. The fraction of sp³-hybridized carbons (Fsp3) is 0.0714. The fourth-order valence-corrected chi connectivity index (χ4v) is 2.30. The number of aromatic nitrogens is 3. The van der Waals surface area contributed by atoms with Gasteiger partial charge in [-0.25, -0.2) is 9.78 Å². The van der Waals surface area contributed by atoms with Crippen LogP contribution in [0.1, 0.15) is 10.4 Å². The molecule has 0 aliphatic rings. The van der Waals surface area contributed by atoms with Crippen molar-refractivity contribution >= 4 is 32.9 Å². The smallest absolute Gasteiger partial charge is 0.337 e. The van der Waals surface area contributed by atoms with E-state index in [1.807, 2.05) is 6.07 Å². The van der Waals surface area contributed by atoms with E-state index >= 15 is 0 Å². The average molecular weight is 332 g/mol. The van der Waals surface area contributed by atoms with Crippen LogP contribution in [-0.4, -0.2) is 28.0 Å². The molecule has 0 aliphatic heterocycles. The summed E-state index contributed by atoms with van der Waals surface area (Å²) in [6.45, 7) is 0. The van der Waals surface area contributed by atoms with E-state index in [1.165, 1.54) is 7.11 Å². The van der Waals surface area contributed by atoms with Gasteiger partial charge < -0.3 is 9.72 Å². The fourth-order valence-electron chi connectivity index (χ4n) is 1.93. The van der Waals surface area contributed by atoms with E-state index in [9.17, 15) is 4.79 Å². The van der Waals surface area contributed by atoms with Crippen LogP contribution in [-0.2, 0) is 4.74 Å². The molecule has 3 rings (SSSR count). The highest BCUT2D eigenvalue weighted by molar-refractivity contribution is 9.10.